The fourth-order valence-electron chi connectivity index (χ4n) is 0.932. The molecule has 84 valence electrons. The van der Waals surface area contributed by atoms with Gasteiger partial charge < -0.3 is 21.2 Å². The minimum Gasteiger partial charge on any atom is -0.404 e. The molecule has 1 aromatic rings. The summed E-state index contributed by atoms with van der Waals surface area (Å²) in [5.74, 6) is -0.595. The lowest BCUT2D eigenvalue weighted by atomic mass is 10.3. The number of nitrogen functional groups attached to an aromatic ring is 1. The van der Waals surface area contributed by atoms with Gasteiger partial charge >= 0.3 is 6.36 Å². The van der Waals surface area contributed by atoms with Gasteiger partial charge in [-0.3, -0.25) is 4.79 Å². The van der Waals surface area contributed by atoms with Crippen molar-refractivity contribution in [3.8, 4) is 5.75 Å². The highest BCUT2D eigenvalue weighted by Gasteiger charge is 2.32. The Hall–Kier alpha value is -1.70. The average Bonchev–Trinajstić information content (AvgIpc) is 2.08. The van der Waals surface area contributed by atoms with Crippen LogP contribution in [0.3, 0.4) is 0 Å². The maximum Gasteiger partial charge on any atom is 0.573 e. The fourth-order valence-corrected chi connectivity index (χ4v) is 0.932. The van der Waals surface area contributed by atoms with Crippen LogP contribution in [0, 0.1) is 0 Å². The number of aromatic amines is 1. The van der Waals surface area contributed by atoms with Gasteiger partial charge in [0.05, 0.1) is 5.69 Å². The Labute approximate surface area is 81.8 Å². The zero-order valence-corrected chi connectivity index (χ0v) is 7.39. The van der Waals surface area contributed by atoms with Crippen LogP contribution in [-0.2, 0) is 6.54 Å². The molecule has 5 N–H and O–H groups in total. The molecule has 0 saturated carbocycles. The van der Waals surface area contributed by atoms with Crippen molar-refractivity contribution in [1.82, 2.24) is 4.98 Å². The van der Waals surface area contributed by atoms with E-state index in [2.05, 4.69) is 9.72 Å². The Morgan fingerprint density at radius 1 is 1.47 bits per heavy atom. The first-order chi connectivity index (χ1) is 6.83. The van der Waals surface area contributed by atoms with Crippen LogP contribution in [0.4, 0.5) is 18.9 Å². The number of nitrogens with one attached hydrogen (secondary N) is 1. The lowest BCUT2D eigenvalue weighted by Gasteiger charge is -2.12. The van der Waals surface area contributed by atoms with Crippen LogP contribution in [-0.4, -0.2) is 11.3 Å². The van der Waals surface area contributed by atoms with Crippen LogP contribution in [0.5, 0.6) is 5.75 Å². The molecule has 0 atom stereocenters. The standard InChI is InChI=1S/C7H8F3N3O2/c8-7(9,10)15-5-1-3(12)6(14)13-4(5)2-11/h1H,2,11-12H2,(H,13,14). The molecule has 0 radical (unpaired) electrons. The van der Waals surface area contributed by atoms with E-state index < -0.39 is 17.7 Å². The Bertz CT molecular complexity index is 413. The van der Waals surface area contributed by atoms with Crippen LogP contribution in [0.1, 0.15) is 5.69 Å². The second kappa shape index (κ2) is 3.81. The zero-order valence-electron chi connectivity index (χ0n) is 7.39. The number of aromatic nitrogens is 1. The minimum atomic E-state index is -4.85. The first-order valence-corrected chi connectivity index (χ1v) is 3.81. The Kier molecular flexibility index (Phi) is 2.89. The van der Waals surface area contributed by atoms with E-state index in [1.807, 2.05) is 0 Å². The molecule has 0 fully saturated rings. The predicted molar refractivity (Wildman–Crippen MR) is 46.0 cm³/mol. The molecule has 1 heterocycles. The summed E-state index contributed by atoms with van der Waals surface area (Å²) in [7, 11) is 0. The maximum atomic E-state index is 11.9. The average molecular weight is 223 g/mol. The number of nitrogens with two attached hydrogens (primary N) is 2. The SMILES string of the molecule is NCc1[nH]c(=O)c(N)cc1OC(F)(F)F. The number of anilines is 1. The van der Waals surface area contributed by atoms with Gasteiger partial charge in [0.1, 0.15) is 5.69 Å². The lowest BCUT2D eigenvalue weighted by molar-refractivity contribution is -0.275. The first-order valence-electron chi connectivity index (χ1n) is 3.81. The molecule has 8 heteroatoms. The number of halogens is 3. The van der Waals surface area contributed by atoms with Gasteiger partial charge in [0.2, 0.25) is 0 Å². The fraction of sp³-hybridized carbons (Fsp3) is 0.286. The van der Waals surface area contributed by atoms with E-state index in [1.54, 1.807) is 0 Å². The van der Waals surface area contributed by atoms with Crippen molar-refractivity contribution in [1.29, 1.82) is 0 Å². The summed E-state index contributed by atoms with van der Waals surface area (Å²) in [4.78, 5) is 13.0. The quantitative estimate of drug-likeness (QED) is 0.672. The van der Waals surface area contributed by atoms with E-state index in [4.69, 9.17) is 11.5 Å². The number of rotatable bonds is 2. The molecule has 0 aliphatic rings. The van der Waals surface area contributed by atoms with Crippen molar-refractivity contribution in [3.05, 3.63) is 22.1 Å². The highest BCUT2D eigenvalue weighted by atomic mass is 19.4. The molecule has 0 unspecified atom stereocenters. The van der Waals surface area contributed by atoms with Crippen molar-refractivity contribution in [2.75, 3.05) is 5.73 Å². The second-order valence-corrected chi connectivity index (χ2v) is 2.65. The summed E-state index contributed by atoms with van der Waals surface area (Å²) in [6.07, 6.45) is -4.85. The molecule has 0 amide bonds. The summed E-state index contributed by atoms with van der Waals surface area (Å²) in [5.41, 5.74) is 9.03. The Morgan fingerprint density at radius 3 is 2.53 bits per heavy atom. The van der Waals surface area contributed by atoms with Gasteiger partial charge in [0.25, 0.3) is 5.56 Å². The number of pyridine rings is 1. The van der Waals surface area contributed by atoms with Gasteiger partial charge in [0.15, 0.2) is 5.75 Å². The maximum absolute atomic E-state index is 11.9. The van der Waals surface area contributed by atoms with Crippen LogP contribution in [0.15, 0.2) is 10.9 Å². The summed E-state index contributed by atoms with van der Waals surface area (Å²) in [6, 6.07) is 0.786. The van der Waals surface area contributed by atoms with Gasteiger partial charge in [0, 0.05) is 12.6 Å². The number of alkyl halides is 3. The number of ether oxygens (including phenoxy) is 1. The highest BCUT2D eigenvalue weighted by Crippen LogP contribution is 2.25. The van der Waals surface area contributed by atoms with Gasteiger partial charge in [-0.1, -0.05) is 0 Å². The van der Waals surface area contributed by atoms with Crippen molar-refractivity contribution >= 4 is 5.69 Å². The Morgan fingerprint density at radius 2 is 2.07 bits per heavy atom. The van der Waals surface area contributed by atoms with E-state index in [-0.39, 0.29) is 17.9 Å². The van der Waals surface area contributed by atoms with E-state index in [1.165, 1.54) is 0 Å². The van der Waals surface area contributed by atoms with Crippen molar-refractivity contribution < 1.29 is 17.9 Å². The third kappa shape index (κ3) is 2.88. The zero-order chi connectivity index (χ0) is 11.6. The highest BCUT2D eigenvalue weighted by molar-refractivity contribution is 5.43. The van der Waals surface area contributed by atoms with Gasteiger partial charge in [-0.2, -0.15) is 0 Å². The summed E-state index contributed by atoms with van der Waals surface area (Å²) in [6.45, 7) is -0.291. The second-order valence-electron chi connectivity index (χ2n) is 2.65. The number of hydrogen-bond donors (Lipinski definition) is 3. The third-order valence-electron chi connectivity index (χ3n) is 1.54. The molecule has 0 spiro atoms. The smallest absolute Gasteiger partial charge is 0.404 e. The van der Waals surface area contributed by atoms with Crippen LogP contribution >= 0.6 is 0 Å². The van der Waals surface area contributed by atoms with Gasteiger partial charge in [-0.25, -0.2) is 0 Å². The molecular weight excluding hydrogens is 215 g/mol. The molecule has 0 aliphatic heterocycles. The minimum absolute atomic E-state index is 0.161. The summed E-state index contributed by atoms with van der Waals surface area (Å²) in [5, 5.41) is 0. The van der Waals surface area contributed by atoms with Crippen molar-refractivity contribution in [2.45, 2.75) is 12.9 Å². The summed E-state index contributed by atoms with van der Waals surface area (Å²) >= 11 is 0. The van der Waals surface area contributed by atoms with Gasteiger partial charge in [-0.05, 0) is 0 Å². The molecule has 0 aromatic carbocycles. The van der Waals surface area contributed by atoms with Crippen molar-refractivity contribution in [2.24, 2.45) is 5.73 Å². The molecular formula is C7H8F3N3O2. The molecule has 0 bridgehead atoms. The largest absolute Gasteiger partial charge is 0.573 e. The molecule has 15 heavy (non-hydrogen) atoms. The predicted octanol–water partition coefficient (Wildman–Crippen LogP) is 0.314. The summed E-state index contributed by atoms with van der Waals surface area (Å²) < 4.78 is 39.3. The van der Waals surface area contributed by atoms with E-state index in [0.717, 1.165) is 6.07 Å². The lowest BCUT2D eigenvalue weighted by Crippen LogP contribution is -2.22. The van der Waals surface area contributed by atoms with E-state index >= 15 is 0 Å². The monoisotopic (exact) mass is 223 g/mol. The molecule has 1 aromatic heterocycles. The Balaban J connectivity index is 3.16. The third-order valence-corrected chi connectivity index (χ3v) is 1.54. The van der Waals surface area contributed by atoms with Crippen LogP contribution < -0.4 is 21.8 Å². The van der Waals surface area contributed by atoms with Crippen LogP contribution in [0.2, 0.25) is 0 Å². The number of H-pyrrole nitrogens is 1. The van der Waals surface area contributed by atoms with E-state index in [9.17, 15) is 18.0 Å². The molecule has 0 aliphatic carbocycles. The molecule has 0 saturated heterocycles. The first kappa shape index (κ1) is 11.4. The topological polar surface area (TPSA) is 94.1 Å². The van der Waals surface area contributed by atoms with Crippen LogP contribution in [0.25, 0.3) is 0 Å². The number of hydrogen-bond acceptors (Lipinski definition) is 4. The van der Waals surface area contributed by atoms with E-state index in [0.29, 0.717) is 0 Å². The van der Waals surface area contributed by atoms with Crippen molar-refractivity contribution in [3.63, 3.8) is 0 Å². The van der Waals surface area contributed by atoms with Gasteiger partial charge in [-0.15, -0.1) is 13.2 Å². The molecule has 1 rings (SSSR count). The molecule has 5 nitrogen and oxygen atoms in total. The normalized spacial score (nSPS) is 11.5.